The smallest absolute Gasteiger partial charge is 0.259 e. The van der Waals surface area contributed by atoms with Crippen LogP contribution in [0.3, 0.4) is 0 Å². The Bertz CT molecular complexity index is 1020. The van der Waals surface area contributed by atoms with Crippen LogP contribution in [0.2, 0.25) is 0 Å². The van der Waals surface area contributed by atoms with Crippen LogP contribution < -0.4 is 10.6 Å². The van der Waals surface area contributed by atoms with Gasteiger partial charge >= 0.3 is 0 Å². The number of anilines is 2. The summed E-state index contributed by atoms with van der Waals surface area (Å²) in [5, 5.41) is 10.0. The lowest BCUT2D eigenvalue weighted by atomic mass is 10.1. The number of rotatable bonds is 4. The summed E-state index contributed by atoms with van der Waals surface area (Å²) in [6.45, 7) is 7.23. The van der Waals surface area contributed by atoms with Gasteiger partial charge < -0.3 is 10.6 Å². The van der Waals surface area contributed by atoms with Gasteiger partial charge in [-0.05, 0) is 56.2 Å². The first-order valence-electron chi connectivity index (χ1n) is 8.66. The predicted molar refractivity (Wildman–Crippen MR) is 106 cm³/mol. The molecule has 138 valence electrons. The number of nitrogens with one attached hydrogen (secondary N) is 2. The third-order valence-electron chi connectivity index (χ3n) is 4.31. The molecule has 0 aliphatic heterocycles. The number of hydrogen-bond acceptors (Lipinski definition) is 3. The van der Waals surface area contributed by atoms with E-state index >= 15 is 0 Å². The summed E-state index contributed by atoms with van der Waals surface area (Å²) >= 11 is 0. The number of benzene rings is 2. The fraction of sp³-hybridized carbons (Fsp3) is 0.190. The van der Waals surface area contributed by atoms with Crippen LogP contribution in [0.25, 0.3) is 5.69 Å². The largest absolute Gasteiger partial charge is 0.326 e. The summed E-state index contributed by atoms with van der Waals surface area (Å²) in [5.74, 6) is -0.402. The van der Waals surface area contributed by atoms with E-state index in [2.05, 4.69) is 15.7 Å². The molecule has 0 saturated heterocycles. The molecule has 0 radical (unpaired) electrons. The van der Waals surface area contributed by atoms with Crippen LogP contribution in [0, 0.1) is 20.8 Å². The minimum absolute atomic E-state index is 0.161. The van der Waals surface area contributed by atoms with E-state index in [9.17, 15) is 9.59 Å². The molecule has 3 aromatic rings. The maximum absolute atomic E-state index is 12.8. The van der Waals surface area contributed by atoms with Crippen molar-refractivity contribution in [2.45, 2.75) is 27.7 Å². The molecule has 3 rings (SSSR count). The van der Waals surface area contributed by atoms with Gasteiger partial charge in [-0.25, -0.2) is 4.68 Å². The SMILES string of the molecule is CC(=O)Nc1ccc(C)c(NC(=O)c2cnn(-c3cccc(C)c3)c2C)c1. The second kappa shape index (κ2) is 7.45. The molecule has 0 fully saturated rings. The molecule has 0 unspecified atom stereocenters. The Morgan fingerprint density at radius 1 is 1.00 bits per heavy atom. The highest BCUT2D eigenvalue weighted by molar-refractivity contribution is 6.05. The van der Waals surface area contributed by atoms with Gasteiger partial charge in [-0.15, -0.1) is 0 Å². The molecule has 1 aromatic heterocycles. The zero-order valence-corrected chi connectivity index (χ0v) is 15.8. The van der Waals surface area contributed by atoms with Crippen molar-refractivity contribution >= 4 is 23.2 Å². The summed E-state index contributed by atoms with van der Waals surface area (Å²) in [5.41, 5.74) is 5.48. The van der Waals surface area contributed by atoms with Gasteiger partial charge in [-0.1, -0.05) is 18.2 Å². The van der Waals surface area contributed by atoms with Crippen molar-refractivity contribution in [2.24, 2.45) is 0 Å². The lowest BCUT2D eigenvalue weighted by Crippen LogP contribution is -2.14. The van der Waals surface area contributed by atoms with Crippen LogP contribution in [0.5, 0.6) is 0 Å². The number of aryl methyl sites for hydroxylation is 2. The van der Waals surface area contributed by atoms with Crippen molar-refractivity contribution in [1.82, 2.24) is 9.78 Å². The average molecular weight is 362 g/mol. The van der Waals surface area contributed by atoms with E-state index in [4.69, 9.17) is 0 Å². The topological polar surface area (TPSA) is 76.0 Å². The fourth-order valence-corrected chi connectivity index (χ4v) is 2.88. The second-order valence-electron chi connectivity index (χ2n) is 6.56. The minimum Gasteiger partial charge on any atom is -0.326 e. The molecule has 2 amide bonds. The van der Waals surface area contributed by atoms with Gasteiger partial charge in [0.05, 0.1) is 23.1 Å². The maximum atomic E-state index is 12.8. The Morgan fingerprint density at radius 3 is 2.48 bits per heavy atom. The Morgan fingerprint density at radius 2 is 1.78 bits per heavy atom. The van der Waals surface area contributed by atoms with Crippen LogP contribution in [0.1, 0.15) is 34.1 Å². The zero-order valence-electron chi connectivity index (χ0n) is 15.8. The first-order chi connectivity index (χ1) is 12.8. The lowest BCUT2D eigenvalue weighted by molar-refractivity contribution is -0.114. The van der Waals surface area contributed by atoms with Gasteiger partial charge in [0.1, 0.15) is 0 Å². The quantitative estimate of drug-likeness (QED) is 0.736. The maximum Gasteiger partial charge on any atom is 0.259 e. The summed E-state index contributed by atoms with van der Waals surface area (Å²) in [7, 11) is 0. The van der Waals surface area contributed by atoms with Crippen molar-refractivity contribution < 1.29 is 9.59 Å². The fourth-order valence-electron chi connectivity index (χ4n) is 2.88. The van der Waals surface area contributed by atoms with Crippen molar-refractivity contribution in [3.63, 3.8) is 0 Å². The van der Waals surface area contributed by atoms with E-state index in [0.717, 1.165) is 22.5 Å². The van der Waals surface area contributed by atoms with Crippen LogP contribution >= 0.6 is 0 Å². The monoisotopic (exact) mass is 362 g/mol. The van der Waals surface area contributed by atoms with Crippen molar-refractivity contribution in [1.29, 1.82) is 0 Å². The van der Waals surface area contributed by atoms with Gasteiger partial charge in [0.2, 0.25) is 5.91 Å². The summed E-state index contributed by atoms with van der Waals surface area (Å²) < 4.78 is 1.75. The average Bonchev–Trinajstić information content (AvgIpc) is 2.99. The third kappa shape index (κ3) is 4.06. The van der Waals surface area contributed by atoms with Gasteiger partial charge in [0, 0.05) is 18.3 Å². The Balaban J connectivity index is 1.86. The second-order valence-corrected chi connectivity index (χ2v) is 6.56. The highest BCUT2D eigenvalue weighted by Gasteiger charge is 2.16. The molecule has 0 aliphatic carbocycles. The molecule has 0 saturated carbocycles. The normalized spacial score (nSPS) is 10.5. The first-order valence-corrected chi connectivity index (χ1v) is 8.66. The van der Waals surface area contributed by atoms with Gasteiger partial charge in [-0.2, -0.15) is 5.10 Å². The number of carbonyl (C=O) groups is 2. The molecular weight excluding hydrogens is 340 g/mol. The van der Waals surface area contributed by atoms with E-state index in [1.807, 2.05) is 51.1 Å². The molecule has 27 heavy (non-hydrogen) atoms. The number of aromatic nitrogens is 2. The van der Waals surface area contributed by atoms with Gasteiger partial charge in [0.25, 0.3) is 5.91 Å². The van der Waals surface area contributed by atoms with E-state index in [1.165, 1.54) is 6.92 Å². The van der Waals surface area contributed by atoms with Crippen molar-refractivity contribution in [2.75, 3.05) is 10.6 Å². The van der Waals surface area contributed by atoms with Crippen LogP contribution in [0.15, 0.2) is 48.7 Å². The molecule has 6 heteroatoms. The summed E-state index contributed by atoms with van der Waals surface area (Å²) in [6.07, 6.45) is 1.57. The number of nitrogens with zero attached hydrogens (tertiary/aromatic N) is 2. The van der Waals surface area contributed by atoms with Crippen LogP contribution in [-0.4, -0.2) is 21.6 Å². The molecule has 0 atom stereocenters. The number of hydrogen-bond donors (Lipinski definition) is 2. The number of amides is 2. The highest BCUT2D eigenvalue weighted by Crippen LogP contribution is 2.22. The van der Waals surface area contributed by atoms with E-state index in [-0.39, 0.29) is 11.8 Å². The molecule has 0 bridgehead atoms. The highest BCUT2D eigenvalue weighted by atomic mass is 16.2. The number of carbonyl (C=O) groups excluding carboxylic acids is 2. The van der Waals surface area contributed by atoms with Gasteiger partial charge in [0.15, 0.2) is 0 Å². The zero-order chi connectivity index (χ0) is 19.6. The van der Waals surface area contributed by atoms with Gasteiger partial charge in [-0.3, -0.25) is 9.59 Å². The third-order valence-corrected chi connectivity index (χ3v) is 4.31. The Hall–Kier alpha value is -3.41. The standard InChI is InChI=1S/C21H22N4O2/c1-13-6-5-7-18(10-13)25-15(3)19(12-22-25)21(27)24-20-11-17(23-16(4)26)9-8-14(20)2/h5-12H,1-4H3,(H,23,26)(H,24,27). The first kappa shape index (κ1) is 18.4. The summed E-state index contributed by atoms with van der Waals surface area (Å²) in [4.78, 5) is 24.0. The van der Waals surface area contributed by atoms with E-state index in [1.54, 1.807) is 23.0 Å². The molecule has 2 aromatic carbocycles. The Labute approximate surface area is 158 Å². The molecule has 0 aliphatic rings. The predicted octanol–water partition coefficient (Wildman–Crippen LogP) is 4.01. The van der Waals surface area contributed by atoms with E-state index < -0.39 is 0 Å². The van der Waals surface area contributed by atoms with E-state index in [0.29, 0.717) is 16.9 Å². The molecule has 2 N–H and O–H groups in total. The van der Waals surface area contributed by atoms with Crippen molar-refractivity contribution in [3.8, 4) is 5.69 Å². The summed E-state index contributed by atoms with van der Waals surface area (Å²) in [6, 6.07) is 13.3. The van der Waals surface area contributed by atoms with Crippen LogP contribution in [-0.2, 0) is 4.79 Å². The Kier molecular flexibility index (Phi) is 5.07. The molecular formula is C21H22N4O2. The molecule has 0 spiro atoms. The minimum atomic E-state index is -0.241. The van der Waals surface area contributed by atoms with Crippen molar-refractivity contribution in [3.05, 3.63) is 71.0 Å². The molecule has 6 nitrogen and oxygen atoms in total. The van der Waals surface area contributed by atoms with Crippen LogP contribution in [0.4, 0.5) is 11.4 Å². The molecule has 1 heterocycles. The lowest BCUT2D eigenvalue weighted by Gasteiger charge is -2.11.